The molecule has 0 unspecified atom stereocenters. The van der Waals surface area contributed by atoms with E-state index < -0.39 is 6.04 Å². The smallest absolute Gasteiger partial charge is 0.241 e. The van der Waals surface area contributed by atoms with E-state index in [1.807, 2.05) is 30.3 Å². The predicted octanol–water partition coefficient (Wildman–Crippen LogP) is 2.31. The summed E-state index contributed by atoms with van der Waals surface area (Å²) in [6.45, 7) is 3.22. The highest BCUT2D eigenvalue weighted by molar-refractivity contribution is 5.95. The van der Waals surface area contributed by atoms with Gasteiger partial charge < -0.3 is 16.0 Å². The number of rotatable bonds is 3. The van der Waals surface area contributed by atoms with Crippen LogP contribution in [0.15, 0.2) is 42.6 Å². The molecule has 1 atom stereocenters. The van der Waals surface area contributed by atoms with Crippen molar-refractivity contribution >= 4 is 29.8 Å². The van der Waals surface area contributed by atoms with Crippen LogP contribution in [0.3, 0.4) is 0 Å². The van der Waals surface area contributed by atoms with Gasteiger partial charge in [0.1, 0.15) is 5.82 Å². The van der Waals surface area contributed by atoms with Gasteiger partial charge in [-0.3, -0.25) is 4.79 Å². The molecule has 0 aliphatic carbocycles. The molecule has 6 heteroatoms. The van der Waals surface area contributed by atoms with Crippen LogP contribution in [0.5, 0.6) is 0 Å². The third-order valence-electron chi connectivity index (χ3n) is 3.63. The van der Waals surface area contributed by atoms with E-state index in [1.165, 1.54) is 5.56 Å². The number of carbonyl (C=O) groups excluding carboxylic acids is 1. The summed E-state index contributed by atoms with van der Waals surface area (Å²) in [6, 6.07) is 11.3. The Morgan fingerprint density at radius 2 is 2.09 bits per heavy atom. The molecular weight excluding hydrogens is 300 g/mol. The molecule has 0 fully saturated rings. The molecule has 1 aromatic heterocycles. The van der Waals surface area contributed by atoms with E-state index in [0.29, 0.717) is 0 Å². The minimum absolute atomic E-state index is 0. The molecule has 1 aliphatic rings. The monoisotopic (exact) mass is 318 g/mol. The first-order valence-corrected chi connectivity index (χ1v) is 6.98. The molecule has 3 rings (SSSR count). The standard InChI is InChI=1S/C16H18N4O.ClH/c1-11(17)16(21)19-14-6-4-5-12-9-20(10-13(12)14)15-7-2-3-8-18-15;/h2-8,11H,9-10,17H2,1H3,(H,19,21);1H/t11-;/m1./s1. The highest BCUT2D eigenvalue weighted by Gasteiger charge is 2.23. The molecule has 116 valence electrons. The zero-order valence-corrected chi connectivity index (χ0v) is 13.1. The maximum absolute atomic E-state index is 11.8. The summed E-state index contributed by atoms with van der Waals surface area (Å²) < 4.78 is 0. The number of nitrogens with one attached hydrogen (secondary N) is 1. The molecule has 1 amide bonds. The van der Waals surface area contributed by atoms with Crippen molar-refractivity contribution in [2.75, 3.05) is 10.2 Å². The van der Waals surface area contributed by atoms with Crippen LogP contribution >= 0.6 is 12.4 Å². The summed E-state index contributed by atoms with van der Waals surface area (Å²) in [4.78, 5) is 18.4. The topological polar surface area (TPSA) is 71.2 Å². The van der Waals surface area contributed by atoms with Crippen molar-refractivity contribution in [3.63, 3.8) is 0 Å². The molecule has 0 saturated carbocycles. The molecule has 0 saturated heterocycles. The Balaban J connectivity index is 0.00000176. The molecule has 5 nitrogen and oxygen atoms in total. The van der Waals surface area contributed by atoms with Gasteiger partial charge in [-0.2, -0.15) is 0 Å². The Morgan fingerprint density at radius 1 is 1.27 bits per heavy atom. The van der Waals surface area contributed by atoms with E-state index in [9.17, 15) is 4.79 Å². The Kier molecular flexibility index (Phi) is 5.00. The zero-order valence-electron chi connectivity index (χ0n) is 12.3. The van der Waals surface area contributed by atoms with E-state index in [0.717, 1.165) is 30.2 Å². The largest absolute Gasteiger partial charge is 0.348 e. The molecule has 2 heterocycles. The van der Waals surface area contributed by atoms with Crippen molar-refractivity contribution in [3.05, 3.63) is 53.7 Å². The van der Waals surface area contributed by atoms with Crippen molar-refractivity contribution in [2.24, 2.45) is 5.73 Å². The van der Waals surface area contributed by atoms with E-state index in [2.05, 4.69) is 21.3 Å². The Morgan fingerprint density at radius 3 is 2.77 bits per heavy atom. The van der Waals surface area contributed by atoms with E-state index in [4.69, 9.17) is 5.73 Å². The van der Waals surface area contributed by atoms with Crippen LogP contribution < -0.4 is 16.0 Å². The number of benzene rings is 1. The van der Waals surface area contributed by atoms with Crippen LogP contribution in [0, 0.1) is 0 Å². The Labute approximate surface area is 135 Å². The fraction of sp³-hybridized carbons (Fsp3) is 0.250. The van der Waals surface area contributed by atoms with Gasteiger partial charge in [0, 0.05) is 25.0 Å². The number of anilines is 2. The molecule has 0 radical (unpaired) electrons. The van der Waals surface area contributed by atoms with Gasteiger partial charge in [-0.1, -0.05) is 18.2 Å². The second-order valence-electron chi connectivity index (χ2n) is 5.27. The van der Waals surface area contributed by atoms with Crippen LogP contribution in [0.2, 0.25) is 0 Å². The fourth-order valence-electron chi connectivity index (χ4n) is 2.49. The number of pyridine rings is 1. The third-order valence-corrected chi connectivity index (χ3v) is 3.63. The molecule has 22 heavy (non-hydrogen) atoms. The van der Waals surface area contributed by atoms with Gasteiger partial charge in [-0.05, 0) is 36.2 Å². The Hall–Kier alpha value is -2.11. The molecule has 1 aromatic carbocycles. The molecule has 2 aromatic rings. The maximum Gasteiger partial charge on any atom is 0.241 e. The number of hydrogen-bond donors (Lipinski definition) is 2. The van der Waals surface area contributed by atoms with Crippen LogP contribution in [-0.2, 0) is 17.9 Å². The maximum atomic E-state index is 11.8. The average Bonchev–Trinajstić information content (AvgIpc) is 2.93. The van der Waals surface area contributed by atoms with Gasteiger partial charge in [0.15, 0.2) is 0 Å². The third kappa shape index (κ3) is 3.21. The van der Waals surface area contributed by atoms with Gasteiger partial charge in [0.2, 0.25) is 5.91 Å². The lowest BCUT2D eigenvalue weighted by Crippen LogP contribution is -2.32. The number of aromatic nitrogens is 1. The quantitative estimate of drug-likeness (QED) is 0.911. The fourth-order valence-corrected chi connectivity index (χ4v) is 2.49. The van der Waals surface area contributed by atoms with Gasteiger partial charge >= 0.3 is 0 Å². The van der Waals surface area contributed by atoms with Crippen molar-refractivity contribution in [2.45, 2.75) is 26.1 Å². The first-order valence-electron chi connectivity index (χ1n) is 6.98. The Bertz CT molecular complexity index is 660. The number of nitrogens with zero attached hydrogens (tertiary/aromatic N) is 2. The van der Waals surface area contributed by atoms with Crippen LogP contribution in [0.1, 0.15) is 18.1 Å². The van der Waals surface area contributed by atoms with Crippen LogP contribution in [0.4, 0.5) is 11.5 Å². The molecule has 1 aliphatic heterocycles. The molecule has 0 bridgehead atoms. The number of nitrogens with two attached hydrogens (primary N) is 1. The molecule has 3 N–H and O–H groups in total. The van der Waals surface area contributed by atoms with Crippen LogP contribution in [-0.4, -0.2) is 16.9 Å². The van der Waals surface area contributed by atoms with Gasteiger partial charge in [0.05, 0.1) is 6.04 Å². The first-order chi connectivity index (χ1) is 10.1. The van der Waals surface area contributed by atoms with E-state index in [1.54, 1.807) is 13.1 Å². The lowest BCUT2D eigenvalue weighted by molar-refractivity contribution is -0.117. The van der Waals surface area contributed by atoms with Crippen molar-refractivity contribution in [3.8, 4) is 0 Å². The lowest BCUT2D eigenvalue weighted by Gasteiger charge is -2.16. The zero-order chi connectivity index (χ0) is 14.8. The number of fused-ring (bicyclic) bond motifs is 1. The summed E-state index contributed by atoms with van der Waals surface area (Å²) in [7, 11) is 0. The number of hydrogen-bond acceptors (Lipinski definition) is 4. The minimum Gasteiger partial charge on any atom is -0.348 e. The highest BCUT2D eigenvalue weighted by Crippen LogP contribution is 2.31. The number of carbonyl (C=O) groups is 1. The van der Waals surface area contributed by atoms with Crippen LogP contribution in [0.25, 0.3) is 0 Å². The molecule has 0 spiro atoms. The number of amides is 1. The van der Waals surface area contributed by atoms with E-state index >= 15 is 0 Å². The summed E-state index contributed by atoms with van der Waals surface area (Å²) in [5.41, 5.74) is 8.80. The second-order valence-corrected chi connectivity index (χ2v) is 5.27. The normalized spacial score (nSPS) is 14.0. The summed E-state index contributed by atoms with van der Waals surface area (Å²) in [6.07, 6.45) is 1.79. The summed E-state index contributed by atoms with van der Waals surface area (Å²) >= 11 is 0. The van der Waals surface area contributed by atoms with Gasteiger partial charge in [0.25, 0.3) is 0 Å². The first kappa shape index (κ1) is 16.3. The highest BCUT2D eigenvalue weighted by atomic mass is 35.5. The second kappa shape index (κ2) is 6.77. The van der Waals surface area contributed by atoms with Gasteiger partial charge in [-0.25, -0.2) is 4.98 Å². The average molecular weight is 319 g/mol. The summed E-state index contributed by atoms with van der Waals surface area (Å²) in [5, 5.41) is 2.90. The van der Waals surface area contributed by atoms with Crippen molar-refractivity contribution in [1.82, 2.24) is 4.98 Å². The summed E-state index contributed by atoms with van der Waals surface area (Å²) in [5.74, 6) is 0.776. The minimum atomic E-state index is -0.519. The van der Waals surface area contributed by atoms with Crippen molar-refractivity contribution < 1.29 is 4.79 Å². The van der Waals surface area contributed by atoms with Crippen molar-refractivity contribution in [1.29, 1.82) is 0 Å². The SMILES string of the molecule is C[C@@H](N)C(=O)Nc1cccc2c1CN(c1ccccn1)C2.Cl. The van der Waals surface area contributed by atoms with E-state index in [-0.39, 0.29) is 18.3 Å². The number of halogens is 1. The van der Waals surface area contributed by atoms with Gasteiger partial charge in [-0.15, -0.1) is 12.4 Å². The molecular formula is C16H19ClN4O. The predicted molar refractivity (Wildman–Crippen MR) is 90.1 cm³/mol. The lowest BCUT2D eigenvalue weighted by atomic mass is 10.1.